The van der Waals surface area contributed by atoms with Crippen LogP contribution in [0.4, 0.5) is 0 Å². The number of carbonyl (C=O) groups excluding carboxylic acids is 4. The molecule has 0 spiro atoms. The SMILES string of the molecule is CCCCCCCO[C@@H]1O[C@H](COC(C)=O)[C@@H](OC(C)=O)[C@H](OC(C)=O)[C@H]1OC(C)=O. The number of carbonyl (C=O) groups is 4. The molecule has 0 aliphatic carbocycles. The van der Waals surface area contributed by atoms with Gasteiger partial charge in [0.2, 0.25) is 0 Å². The van der Waals surface area contributed by atoms with Crippen LogP contribution >= 0.6 is 0 Å². The third kappa shape index (κ3) is 10.1. The van der Waals surface area contributed by atoms with E-state index in [2.05, 4.69) is 6.92 Å². The van der Waals surface area contributed by atoms with Crippen molar-refractivity contribution in [1.82, 2.24) is 0 Å². The monoisotopic (exact) mass is 446 g/mol. The molecule has 0 aromatic carbocycles. The first-order valence-corrected chi connectivity index (χ1v) is 10.6. The molecule has 0 saturated carbocycles. The molecule has 1 rings (SSSR count). The molecule has 10 heteroatoms. The van der Waals surface area contributed by atoms with Crippen molar-refractivity contribution in [2.24, 2.45) is 0 Å². The van der Waals surface area contributed by atoms with Crippen LogP contribution in [0.25, 0.3) is 0 Å². The lowest BCUT2D eigenvalue weighted by Crippen LogP contribution is -2.63. The minimum absolute atomic E-state index is 0.270. The summed E-state index contributed by atoms with van der Waals surface area (Å²) in [4.78, 5) is 46.4. The third-order valence-electron chi connectivity index (χ3n) is 4.48. The molecule has 1 saturated heterocycles. The van der Waals surface area contributed by atoms with Gasteiger partial charge in [-0.05, 0) is 6.42 Å². The molecule has 0 aromatic rings. The first-order chi connectivity index (χ1) is 14.6. The first kappa shape index (κ1) is 26.8. The predicted molar refractivity (Wildman–Crippen MR) is 107 cm³/mol. The zero-order valence-corrected chi connectivity index (χ0v) is 18.9. The fraction of sp³-hybridized carbons (Fsp3) is 0.810. The second-order valence-electron chi connectivity index (χ2n) is 7.35. The van der Waals surface area contributed by atoms with Gasteiger partial charge in [-0.2, -0.15) is 0 Å². The van der Waals surface area contributed by atoms with E-state index < -0.39 is 54.6 Å². The van der Waals surface area contributed by atoms with Gasteiger partial charge in [-0.1, -0.05) is 32.6 Å². The number of hydrogen-bond acceptors (Lipinski definition) is 10. The average molecular weight is 446 g/mol. The molecular formula is C21H34O10. The topological polar surface area (TPSA) is 124 Å². The highest BCUT2D eigenvalue weighted by Gasteiger charge is 2.52. The summed E-state index contributed by atoms with van der Waals surface area (Å²) < 4.78 is 32.7. The Bertz CT molecular complexity index is 605. The standard InChI is InChI=1S/C21H34O10/c1-6-7-8-9-10-11-26-21-20(30-16(5)25)19(29-15(4)24)18(28-14(3)23)17(31-21)12-27-13(2)22/h17-21H,6-12H2,1-5H3/t17-,18-,19+,20-,21-/m1/s1. The molecule has 1 aliphatic rings. The summed E-state index contributed by atoms with van der Waals surface area (Å²) in [6, 6.07) is 0. The molecule has 0 amide bonds. The van der Waals surface area contributed by atoms with Crippen molar-refractivity contribution in [3.8, 4) is 0 Å². The van der Waals surface area contributed by atoms with Crippen molar-refractivity contribution >= 4 is 23.9 Å². The van der Waals surface area contributed by atoms with Crippen molar-refractivity contribution in [3.63, 3.8) is 0 Å². The lowest BCUT2D eigenvalue weighted by molar-refractivity contribution is -0.308. The van der Waals surface area contributed by atoms with Gasteiger partial charge in [0.05, 0.1) is 0 Å². The Morgan fingerprint density at radius 3 is 1.81 bits per heavy atom. The highest BCUT2D eigenvalue weighted by Crippen LogP contribution is 2.30. The van der Waals surface area contributed by atoms with E-state index in [4.69, 9.17) is 28.4 Å². The number of rotatable bonds is 12. The van der Waals surface area contributed by atoms with E-state index in [9.17, 15) is 19.2 Å². The summed E-state index contributed by atoms with van der Waals surface area (Å²) in [7, 11) is 0. The molecule has 0 unspecified atom stereocenters. The summed E-state index contributed by atoms with van der Waals surface area (Å²) >= 11 is 0. The van der Waals surface area contributed by atoms with E-state index in [1.807, 2.05) is 0 Å². The number of hydrogen-bond donors (Lipinski definition) is 0. The summed E-state index contributed by atoms with van der Waals surface area (Å²) in [6.07, 6.45) is -0.626. The van der Waals surface area contributed by atoms with Gasteiger partial charge < -0.3 is 28.4 Å². The Balaban J connectivity index is 3.07. The highest BCUT2D eigenvalue weighted by atomic mass is 16.7. The van der Waals surface area contributed by atoms with Gasteiger partial charge in [-0.25, -0.2) is 0 Å². The Hall–Kier alpha value is -2.20. The van der Waals surface area contributed by atoms with Crippen molar-refractivity contribution in [1.29, 1.82) is 0 Å². The Kier molecular flexibility index (Phi) is 12.1. The lowest BCUT2D eigenvalue weighted by atomic mass is 9.98. The molecule has 5 atom stereocenters. The Morgan fingerprint density at radius 1 is 0.710 bits per heavy atom. The minimum atomic E-state index is -1.20. The van der Waals surface area contributed by atoms with Gasteiger partial charge in [0.15, 0.2) is 24.6 Å². The van der Waals surface area contributed by atoms with E-state index in [0.29, 0.717) is 6.61 Å². The molecular weight excluding hydrogens is 412 g/mol. The van der Waals surface area contributed by atoms with E-state index in [1.165, 1.54) is 27.7 Å². The molecule has 0 N–H and O–H groups in total. The van der Waals surface area contributed by atoms with Crippen molar-refractivity contribution < 1.29 is 47.6 Å². The number of esters is 4. The van der Waals surface area contributed by atoms with Crippen molar-refractivity contribution in [3.05, 3.63) is 0 Å². The molecule has 0 bridgehead atoms. The maximum Gasteiger partial charge on any atom is 0.303 e. The fourth-order valence-corrected chi connectivity index (χ4v) is 3.23. The smallest absolute Gasteiger partial charge is 0.303 e. The van der Waals surface area contributed by atoms with Gasteiger partial charge in [0, 0.05) is 34.3 Å². The summed E-state index contributed by atoms with van der Waals surface area (Å²) in [5.74, 6) is -2.56. The van der Waals surface area contributed by atoms with Crippen LogP contribution in [0.2, 0.25) is 0 Å². The van der Waals surface area contributed by atoms with Gasteiger partial charge in [0.1, 0.15) is 12.7 Å². The van der Waals surface area contributed by atoms with Gasteiger partial charge >= 0.3 is 23.9 Å². The first-order valence-electron chi connectivity index (χ1n) is 10.6. The van der Waals surface area contributed by atoms with Gasteiger partial charge in [-0.3, -0.25) is 19.2 Å². The quantitative estimate of drug-likeness (QED) is 0.250. The molecule has 1 fully saturated rings. The highest BCUT2D eigenvalue weighted by molar-refractivity contribution is 5.68. The normalized spacial score (nSPS) is 25.4. The Morgan fingerprint density at radius 2 is 1.26 bits per heavy atom. The maximum absolute atomic E-state index is 11.7. The zero-order chi connectivity index (χ0) is 23.4. The summed E-state index contributed by atoms with van der Waals surface area (Å²) in [6.45, 7) is 6.93. The van der Waals surface area contributed by atoms with Crippen LogP contribution in [0.5, 0.6) is 0 Å². The lowest BCUT2D eigenvalue weighted by Gasteiger charge is -2.44. The summed E-state index contributed by atoms with van der Waals surface area (Å²) in [5, 5.41) is 0. The second kappa shape index (κ2) is 14.0. The molecule has 178 valence electrons. The maximum atomic E-state index is 11.7. The molecule has 1 aliphatic heterocycles. The van der Waals surface area contributed by atoms with Crippen LogP contribution < -0.4 is 0 Å². The van der Waals surface area contributed by atoms with Crippen LogP contribution in [0.1, 0.15) is 66.7 Å². The summed E-state index contributed by atoms with van der Waals surface area (Å²) in [5.41, 5.74) is 0. The minimum Gasteiger partial charge on any atom is -0.463 e. The Labute approximate surface area is 182 Å². The molecule has 0 aromatic heterocycles. The largest absolute Gasteiger partial charge is 0.463 e. The van der Waals surface area contributed by atoms with E-state index in [0.717, 1.165) is 32.1 Å². The third-order valence-corrected chi connectivity index (χ3v) is 4.48. The van der Waals surface area contributed by atoms with Crippen molar-refractivity contribution in [2.45, 2.75) is 97.4 Å². The molecule has 10 nitrogen and oxygen atoms in total. The number of unbranched alkanes of at least 4 members (excludes halogenated alkanes) is 4. The second-order valence-corrected chi connectivity index (χ2v) is 7.35. The van der Waals surface area contributed by atoms with Gasteiger partial charge in [-0.15, -0.1) is 0 Å². The molecule has 1 heterocycles. The van der Waals surface area contributed by atoms with E-state index >= 15 is 0 Å². The molecule has 0 radical (unpaired) electrons. The van der Waals surface area contributed by atoms with Crippen LogP contribution in [0, 0.1) is 0 Å². The van der Waals surface area contributed by atoms with E-state index in [-0.39, 0.29) is 6.61 Å². The zero-order valence-electron chi connectivity index (χ0n) is 18.9. The van der Waals surface area contributed by atoms with Gasteiger partial charge in [0.25, 0.3) is 0 Å². The van der Waals surface area contributed by atoms with Crippen LogP contribution in [0.3, 0.4) is 0 Å². The van der Waals surface area contributed by atoms with E-state index in [1.54, 1.807) is 0 Å². The fourth-order valence-electron chi connectivity index (χ4n) is 3.23. The molecule has 31 heavy (non-hydrogen) atoms. The van der Waals surface area contributed by atoms with Crippen LogP contribution in [0.15, 0.2) is 0 Å². The predicted octanol–water partition coefficient (Wildman–Crippen LogP) is 2.06. The number of ether oxygens (including phenoxy) is 6. The van der Waals surface area contributed by atoms with Crippen LogP contribution in [-0.4, -0.2) is 67.8 Å². The van der Waals surface area contributed by atoms with Crippen molar-refractivity contribution in [2.75, 3.05) is 13.2 Å². The average Bonchev–Trinajstić information content (AvgIpc) is 2.66. The van der Waals surface area contributed by atoms with Crippen LogP contribution in [-0.2, 0) is 47.6 Å².